The van der Waals surface area contributed by atoms with Crippen LogP contribution in [0.1, 0.15) is 27.8 Å². The lowest BCUT2D eigenvalue weighted by atomic mass is 10.2. The summed E-state index contributed by atoms with van der Waals surface area (Å²) >= 11 is 0. The van der Waals surface area contributed by atoms with Gasteiger partial charge in [-0.1, -0.05) is 35.9 Å². The van der Waals surface area contributed by atoms with Gasteiger partial charge in [-0.2, -0.15) is 0 Å². The van der Waals surface area contributed by atoms with Crippen molar-refractivity contribution in [2.75, 3.05) is 10.2 Å². The molecule has 1 amide bonds. The molecule has 0 spiro atoms. The molecule has 0 saturated heterocycles. The Morgan fingerprint density at radius 1 is 0.958 bits per heavy atom. The van der Waals surface area contributed by atoms with E-state index >= 15 is 0 Å². The van der Waals surface area contributed by atoms with E-state index in [9.17, 15) is 4.79 Å². The molecule has 1 atom stereocenters. The number of aryl methyl sites for hydroxylation is 1. The van der Waals surface area contributed by atoms with Crippen molar-refractivity contribution in [3.05, 3.63) is 89.7 Å². The molecule has 3 aromatic rings. The second-order valence-corrected chi connectivity index (χ2v) is 5.86. The van der Waals surface area contributed by atoms with Gasteiger partial charge >= 0.3 is 0 Å². The van der Waals surface area contributed by atoms with E-state index in [1.165, 1.54) is 5.56 Å². The van der Waals surface area contributed by atoms with E-state index < -0.39 is 0 Å². The normalized spacial score (nSPS) is 16.1. The van der Waals surface area contributed by atoms with Crippen molar-refractivity contribution in [3.8, 4) is 0 Å². The number of carbonyl (C=O) groups is 1. The van der Waals surface area contributed by atoms with Crippen LogP contribution < -0.4 is 10.2 Å². The van der Waals surface area contributed by atoms with E-state index in [1.54, 1.807) is 17.2 Å². The van der Waals surface area contributed by atoms with E-state index in [0.717, 1.165) is 17.1 Å². The van der Waals surface area contributed by atoms with Crippen molar-refractivity contribution >= 4 is 17.3 Å². The molecule has 1 aliphatic rings. The molecular formula is C20H17N3O. The van der Waals surface area contributed by atoms with Crippen LogP contribution in [0, 0.1) is 6.92 Å². The van der Waals surface area contributed by atoms with Gasteiger partial charge in [0, 0.05) is 17.6 Å². The first-order chi connectivity index (χ1) is 11.7. The third-order valence-corrected chi connectivity index (χ3v) is 4.19. The van der Waals surface area contributed by atoms with Gasteiger partial charge in [-0.15, -0.1) is 0 Å². The fourth-order valence-corrected chi connectivity index (χ4v) is 2.98. The van der Waals surface area contributed by atoms with Crippen molar-refractivity contribution in [2.45, 2.75) is 13.1 Å². The average Bonchev–Trinajstić information content (AvgIpc) is 2.90. The molecule has 4 nitrogen and oxygen atoms in total. The van der Waals surface area contributed by atoms with Crippen LogP contribution in [0.3, 0.4) is 0 Å². The van der Waals surface area contributed by atoms with Crippen LogP contribution in [0.5, 0.6) is 0 Å². The summed E-state index contributed by atoms with van der Waals surface area (Å²) in [7, 11) is 0. The molecule has 1 aromatic heterocycles. The minimum absolute atomic E-state index is 0.0334. The highest BCUT2D eigenvalue weighted by atomic mass is 16.2. The minimum atomic E-state index is -0.321. The maximum Gasteiger partial charge on any atom is 0.262 e. The summed E-state index contributed by atoms with van der Waals surface area (Å²) in [6.45, 7) is 2.05. The Hall–Kier alpha value is -3.14. The number of nitrogens with zero attached hydrogens (tertiary/aromatic N) is 2. The summed E-state index contributed by atoms with van der Waals surface area (Å²) in [4.78, 5) is 19.1. The number of carbonyl (C=O) groups excluding carboxylic acids is 1. The summed E-state index contributed by atoms with van der Waals surface area (Å²) in [6, 6.07) is 21.4. The number of hydrogen-bond acceptors (Lipinski definition) is 3. The van der Waals surface area contributed by atoms with Gasteiger partial charge < -0.3 is 5.32 Å². The van der Waals surface area contributed by atoms with Gasteiger partial charge in [0.15, 0.2) is 6.17 Å². The standard InChI is InChI=1S/C20H17N3O/c1-14-9-11-15(12-10-14)22-19-18-17(8-5-13-21-18)20(24)23(19)16-6-3-2-4-7-16/h2-13,19,22H,1H3. The molecule has 2 heterocycles. The Morgan fingerprint density at radius 2 is 1.71 bits per heavy atom. The number of benzene rings is 2. The lowest BCUT2D eigenvalue weighted by Crippen LogP contribution is -2.32. The number of rotatable bonds is 3. The Balaban J connectivity index is 1.77. The highest BCUT2D eigenvalue weighted by Gasteiger charge is 2.38. The quantitative estimate of drug-likeness (QED) is 0.789. The third-order valence-electron chi connectivity index (χ3n) is 4.19. The molecule has 1 unspecified atom stereocenters. The van der Waals surface area contributed by atoms with Crippen molar-refractivity contribution in [2.24, 2.45) is 0 Å². The van der Waals surface area contributed by atoms with E-state index in [2.05, 4.69) is 17.2 Å². The number of amides is 1. The number of anilines is 2. The Kier molecular flexibility index (Phi) is 3.50. The second kappa shape index (κ2) is 5.81. The van der Waals surface area contributed by atoms with Crippen LogP contribution >= 0.6 is 0 Å². The number of pyridine rings is 1. The SMILES string of the molecule is Cc1ccc(NC2c3ncccc3C(=O)N2c2ccccc2)cc1. The van der Waals surface area contributed by atoms with Crippen molar-refractivity contribution in [1.29, 1.82) is 0 Å². The predicted molar refractivity (Wildman–Crippen MR) is 95.0 cm³/mol. The van der Waals surface area contributed by atoms with Crippen LogP contribution in [0.2, 0.25) is 0 Å². The van der Waals surface area contributed by atoms with Crippen molar-refractivity contribution < 1.29 is 4.79 Å². The number of hydrogen-bond donors (Lipinski definition) is 1. The zero-order chi connectivity index (χ0) is 16.5. The second-order valence-electron chi connectivity index (χ2n) is 5.86. The smallest absolute Gasteiger partial charge is 0.262 e. The molecule has 0 radical (unpaired) electrons. The molecule has 0 aliphatic carbocycles. The molecule has 1 aliphatic heterocycles. The minimum Gasteiger partial charge on any atom is -0.360 e. The summed E-state index contributed by atoms with van der Waals surface area (Å²) in [5.41, 5.74) is 4.40. The highest BCUT2D eigenvalue weighted by Crippen LogP contribution is 2.36. The Labute approximate surface area is 140 Å². The van der Waals surface area contributed by atoms with Crippen LogP contribution in [0.25, 0.3) is 0 Å². The van der Waals surface area contributed by atoms with E-state index in [0.29, 0.717) is 5.56 Å². The maximum atomic E-state index is 12.9. The fraction of sp³-hybridized carbons (Fsp3) is 0.100. The summed E-state index contributed by atoms with van der Waals surface area (Å²) in [6.07, 6.45) is 1.41. The fourth-order valence-electron chi connectivity index (χ4n) is 2.98. The van der Waals surface area contributed by atoms with Gasteiger partial charge in [-0.25, -0.2) is 0 Å². The molecule has 4 heteroatoms. The number of nitrogens with one attached hydrogen (secondary N) is 1. The number of aromatic nitrogens is 1. The first kappa shape index (κ1) is 14.5. The van der Waals surface area contributed by atoms with Gasteiger partial charge in [-0.3, -0.25) is 14.7 Å². The van der Waals surface area contributed by atoms with Crippen LogP contribution in [0.4, 0.5) is 11.4 Å². The molecule has 0 bridgehead atoms. The lowest BCUT2D eigenvalue weighted by Gasteiger charge is -2.26. The Morgan fingerprint density at radius 3 is 2.46 bits per heavy atom. The Bertz CT molecular complexity index is 875. The maximum absolute atomic E-state index is 12.9. The summed E-state index contributed by atoms with van der Waals surface area (Å²) in [5, 5.41) is 3.45. The number of fused-ring (bicyclic) bond motifs is 1. The molecular weight excluding hydrogens is 298 g/mol. The first-order valence-corrected chi connectivity index (χ1v) is 7.91. The first-order valence-electron chi connectivity index (χ1n) is 7.91. The van der Waals surface area contributed by atoms with Crippen LogP contribution in [-0.4, -0.2) is 10.9 Å². The predicted octanol–water partition coefficient (Wildman–Crippen LogP) is 4.16. The van der Waals surface area contributed by atoms with Gasteiger partial charge in [-0.05, 0) is 43.3 Å². The van der Waals surface area contributed by atoms with Gasteiger partial charge in [0.05, 0.1) is 11.3 Å². The van der Waals surface area contributed by atoms with Crippen LogP contribution in [-0.2, 0) is 0 Å². The molecule has 4 rings (SSSR count). The van der Waals surface area contributed by atoms with E-state index in [1.807, 2.05) is 60.7 Å². The van der Waals surface area contributed by atoms with Crippen LogP contribution in [0.15, 0.2) is 72.9 Å². The summed E-state index contributed by atoms with van der Waals surface area (Å²) < 4.78 is 0. The highest BCUT2D eigenvalue weighted by molar-refractivity contribution is 6.11. The van der Waals surface area contributed by atoms with E-state index in [-0.39, 0.29) is 12.1 Å². The molecule has 2 aromatic carbocycles. The average molecular weight is 315 g/mol. The third kappa shape index (κ3) is 2.42. The zero-order valence-electron chi connectivity index (χ0n) is 13.3. The van der Waals surface area contributed by atoms with Crippen molar-refractivity contribution in [3.63, 3.8) is 0 Å². The molecule has 24 heavy (non-hydrogen) atoms. The van der Waals surface area contributed by atoms with Gasteiger partial charge in [0.25, 0.3) is 5.91 Å². The lowest BCUT2D eigenvalue weighted by molar-refractivity contribution is 0.0993. The van der Waals surface area contributed by atoms with Gasteiger partial charge in [0.2, 0.25) is 0 Å². The molecule has 118 valence electrons. The van der Waals surface area contributed by atoms with Crippen molar-refractivity contribution in [1.82, 2.24) is 4.98 Å². The largest absolute Gasteiger partial charge is 0.360 e. The zero-order valence-corrected chi connectivity index (χ0v) is 13.3. The van der Waals surface area contributed by atoms with E-state index in [4.69, 9.17) is 0 Å². The monoisotopic (exact) mass is 315 g/mol. The topological polar surface area (TPSA) is 45.2 Å². The molecule has 0 fully saturated rings. The molecule has 0 saturated carbocycles. The molecule has 1 N–H and O–H groups in total. The number of para-hydroxylation sites is 1. The van der Waals surface area contributed by atoms with Gasteiger partial charge in [0.1, 0.15) is 0 Å². The summed E-state index contributed by atoms with van der Waals surface area (Å²) in [5.74, 6) is -0.0334.